The van der Waals surface area contributed by atoms with Crippen molar-refractivity contribution in [2.24, 2.45) is 0 Å². The van der Waals surface area contributed by atoms with Gasteiger partial charge in [-0.3, -0.25) is 9.59 Å². The second-order valence-electron chi connectivity index (χ2n) is 4.74. The number of thiazole rings is 1. The molecule has 20 heavy (non-hydrogen) atoms. The number of likely N-dealkylation sites (N-methyl/N-ethyl adjacent to an activating group) is 1. The largest absolute Gasteiger partial charge is 0.342 e. The lowest BCUT2D eigenvalue weighted by Gasteiger charge is -2.37. The first-order valence-corrected chi connectivity index (χ1v) is 8.51. The monoisotopic (exact) mass is 313 g/mol. The highest BCUT2D eigenvalue weighted by Gasteiger charge is 2.32. The van der Waals surface area contributed by atoms with Crippen LogP contribution in [0.25, 0.3) is 0 Å². The fraction of sp³-hybridized carbons (Fsp3) is 0.615. The number of hydrogen-bond donors (Lipinski definition) is 0. The molecule has 0 saturated carbocycles. The summed E-state index contributed by atoms with van der Waals surface area (Å²) in [4.78, 5) is 32.0. The van der Waals surface area contributed by atoms with E-state index in [9.17, 15) is 9.59 Å². The molecular weight excluding hydrogens is 294 g/mol. The maximum atomic E-state index is 12.3. The standard InChI is InChI=1S/C13H19N3O2S2/c1-4-19-13-14-10(8-20-13)7-11(17)16-6-5-15(3)12(18)9(16)2/h8-9H,4-7H2,1-3H3/t9-/m1/s1. The van der Waals surface area contributed by atoms with Crippen molar-refractivity contribution < 1.29 is 9.59 Å². The molecule has 1 aromatic heterocycles. The molecule has 1 fully saturated rings. The van der Waals surface area contributed by atoms with Crippen LogP contribution >= 0.6 is 23.1 Å². The molecule has 0 aromatic carbocycles. The molecule has 1 saturated heterocycles. The van der Waals surface area contributed by atoms with Gasteiger partial charge in [0.05, 0.1) is 12.1 Å². The van der Waals surface area contributed by atoms with Gasteiger partial charge in [-0.25, -0.2) is 4.98 Å². The van der Waals surface area contributed by atoms with E-state index in [2.05, 4.69) is 11.9 Å². The molecule has 1 aliphatic rings. The van der Waals surface area contributed by atoms with Gasteiger partial charge >= 0.3 is 0 Å². The summed E-state index contributed by atoms with van der Waals surface area (Å²) < 4.78 is 0.998. The van der Waals surface area contributed by atoms with Gasteiger partial charge in [-0.2, -0.15) is 0 Å². The van der Waals surface area contributed by atoms with E-state index in [-0.39, 0.29) is 24.3 Å². The highest BCUT2D eigenvalue weighted by atomic mass is 32.2. The molecule has 110 valence electrons. The zero-order chi connectivity index (χ0) is 14.7. The predicted molar refractivity (Wildman–Crippen MR) is 81.0 cm³/mol. The number of carbonyl (C=O) groups is 2. The summed E-state index contributed by atoms with van der Waals surface area (Å²) in [5.41, 5.74) is 0.800. The summed E-state index contributed by atoms with van der Waals surface area (Å²) in [5.74, 6) is 0.965. The second kappa shape index (κ2) is 6.58. The zero-order valence-electron chi connectivity index (χ0n) is 12.0. The number of rotatable bonds is 4. The zero-order valence-corrected chi connectivity index (χ0v) is 13.6. The molecule has 1 aliphatic heterocycles. The average Bonchev–Trinajstić information content (AvgIpc) is 2.84. The third kappa shape index (κ3) is 3.32. The number of carbonyl (C=O) groups excluding carboxylic acids is 2. The van der Waals surface area contributed by atoms with E-state index < -0.39 is 0 Å². The van der Waals surface area contributed by atoms with Gasteiger partial charge in [-0.15, -0.1) is 11.3 Å². The van der Waals surface area contributed by atoms with Gasteiger partial charge in [-0.05, 0) is 12.7 Å². The Morgan fingerprint density at radius 3 is 3.00 bits per heavy atom. The molecule has 7 heteroatoms. The van der Waals surface area contributed by atoms with E-state index in [1.807, 2.05) is 5.38 Å². The second-order valence-corrected chi connectivity index (χ2v) is 7.11. The minimum absolute atomic E-state index is 0.00473. The van der Waals surface area contributed by atoms with Crippen LogP contribution in [-0.2, 0) is 16.0 Å². The molecule has 1 atom stereocenters. The van der Waals surface area contributed by atoms with E-state index in [0.29, 0.717) is 13.1 Å². The van der Waals surface area contributed by atoms with E-state index in [1.54, 1.807) is 46.9 Å². The van der Waals surface area contributed by atoms with Crippen LogP contribution in [0.15, 0.2) is 9.72 Å². The molecule has 0 spiro atoms. The SMILES string of the molecule is CCSc1nc(CC(=O)N2CCN(C)C(=O)[C@H]2C)cs1. The van der Waals surface area contributed by atoms with Crippen molar-refractivity contribution in [3.05, 3.63) is 11.1 Å². The van der Waals surface area contributed by atoms with Crippen LogP contribution in [0.5, 0.6) is 0 Å². The lowest BCUT2D eigenvalue weighted by atomic mass is 10.1. The van der Waals surface area contributed by atoms with Gasteiger partial charge in [0.15, 0.2) is 0 Å². The van der Waals surface area contributed by atoms with Gasteiger partial charge in [-0.1, -0.05) is 18.7 Å². The van der Waals surface area contributed by atoms with Crippen LogP contribution < -0.4 is 0 Å². The Kier molecular flexibility index (Phi) is 5.04. The van der Waals surface area contributed by atoms with Gasteiger partial charge in [0.1, 0.15) is 10.4 Å². The maximum absolute atomic E-state index is 12.3. The lowest BCUT2D eigenvalue weighted by Crippen LogP contribution is -2.56. The van der Waals surface area contributed by atoms with Crippen LogP contribution in [0.2, 0.25) is 0 Å². The van der Waals surface area contributed by atoms with Crippen molar-refractivity contribution in [1.82, 2.24) is 14.8 Å². The van der Waals surface area contributed by atoms with Crippen molar-refractivity contribution in [3.63, 3.8) is 0 Å². The minimum Gasteiger partial charge on any atom is -0.342 e. The summed E-state index contributed by atoms with van der Waals surface area (Å²) >= 11 is 3.25. The minimum atomic E-state index is -0.371. The number of piperazine rings is 1. The summed E-state index contributed by atoms with van der Waals surface area (Å²) in [7, 11) is 1.77. The first kappa shape index (κ1) is 15.3. The normalized spacial score (nSPS) is 19.6. The molecule has 2 rings (SSSR count). The quantitative estimate of drug-likeness (QED) is 0.790. The predicted octanol–water partition coefficient (Wildman–Crippen LogP) is 1.49. The first-order chi connectivity index (χ1) is 9.52. The highest BCUT2D eigenvalue weighted by molar-refractivity contribution is 8.00. The van der Waals surface area contributed by atoms with E-state index in [4.69, 9.17) is 0 Å². The van der Waals surface area contributed by atoms with Crippen LogP contribution in [0.1, 0.15) is 19.5 Å². The molecule has 0 radical (unpaired) electrons. The fourth-order valence-corrected chi connectivity index (χ4v) is 3.91. The van der Waals surface area contributed by atoms with Crippen molar-refractivity contribution in [2.45, 2.75) is 30.6 Å². The first-order valence-electron chi connectivity index (χ1n) is 6.64. The Bertz CT molecular complexity index is 504. The third-order valence-corrected chi connectivity index (χ3v) is 5.28. The maximum Gasteiger partial charge on any atom is 0.244 e. The number of thioether (sulfide) groups is 1. The lowest BCUT2D eigenvalue weighted by molar-refractivity contribution is -0.149. The van der Waals surface area contributed by atoms with E-state index in [1.165, 1.54) is 0 Å². The molecule has 0 unspecified atom stereocenters. The molecule has 0 bridgehead atoms. The summed E-state index contributed by atoms with van der Waals surface area (Å²) in [6, 6.07) is -0.371. The van der Waals surface area contributed by atoms with Crippen molar-refractivity contribution >= 4 is 34.9 Å². The number of hydrogen-bond acceptors (Lipinski definition) is 5. The molecule has 0 N–H and O–H groups in total. The van der Waals surface area contributed by atoms with Crippen LogP contribution in [0.3, 0.4) is 0 Å². The third-order valence-electron chi connectivity index (χ3n) is 3.33. The van der Waals surface area contributed by atoms with E-state index >= 15 is 0 Å². The van der Waals surface area contributed by atoms with Gasteiger partial charge in [0.2, 0.25) is 11.8 Å². The fourth-order valence-electron chi connectivity index (χ4n) is 2.17. The Labute approximate surface area is 127 Å². The topological polar surface area (TPSA) is 53.5 Å². The summed E-state index contributed by atoms with van der Waals surface area (Å²) in [6.45, 7) is 5.07. The van der Waals surface area contributed by atoms with Gasteiger partial charge in [0, 0.05) is 25.5 Å². The van der Waals surface area contributed by atoms with Crippen LogP contribution in [-0.4, -0.2) is 58.5 Å². The van der Waals surface area contributed by atoms with Crippen LogP contribution in [0, 0.1) is 0 Å². The molecule has 1 aromatic rings. The molecule has 5 nitrogen and oxygen atoms in total. The Morgan fingerprint density at radius 1 is 1.55 bits per heavy atom. The van der Waals surface area contributed by atoms with E-state index in [0.717, 1.165) is 15.8 Å². The van der Waals surface area contributed by atoms with Crippen molar-refractivity contribution in [1.29, 1.82) is 0 Å². The van der Waals surface area contributed by atoms with Crippen molar-refractivity contribution in [3.8, 4) is 0 Å². The van der Waals surface area contributed by atoms with Crippen molar-refractivity contribution in [2.75, 3.05) is 25.9 Å². The average molecular weight is 313 g/mol. The van der Waals surface area contributed by atoms with Gasteiger partial charge < -0.3 is 9.80 Å². The molecule has 2 amide bonds. The Morgan fingerprint density at radius 2 is 2.30 bits per heavy atom. The van der Waals surface area contributed by atoms with Crippen LogP contribution in [0.4, 0.5) is 0 Å². The molecule has 0 aliphatic carbocycles. The number of aromatic nitrogens is 1. The molecular formula is C13H19N3O2S2. The smallest absolute Gasteiger partial charge is 0.244 e. The molecule has 2 heterocycles. The van der Waals surface area contributed by atoms with Gasteiger partial charge in [0.25, 0.3) is 0 Å². The highest BCUT2D eigenvalue weighted by Crippen LogP contribution is 2.23. The number of nitrogens with zero attached hydrogens (tertiary/aromatic N) is 3. The Hall–Kier alpha value is -1.08. The summed E-state index contributed by atoms with van der Waals surface area (Å²) in [6.07, 6.45) is 0.280. The number of amides is 2. The summed E-state index contributed by atoms with van der Waals surface area (Å²) in [5, 5.41) is 1.93. The Balaban J connectivity index is 1.98.